The molecule has 172 valence electrons. The molecule has 1 heterocycles. The number of carbonyl (C=O) groups excluding carboxylic acids is 1. The highest BCUT2D eigenvalue weighted by Crippen LogP contribution is 2.22. The van der Waals surface area contributed by atoms with E-state index in [1.54, 1.807) is 40.7 Å². The molecular formula is C25H26ClN3O3S. The number of anilines is 1. The van der Waals surface area contributed by atoms with Crippen LogP contribution < -0.4 is 5.32 Å². The molecule has 8 heteroatoms. The number of benzene rings is 3. The van der Waals surface area contributed by atoms with E-state index in [1.165, 1.54) is 0 Å². The predicted octanol–water partition coefficient (Wildman–Crippen LogP) is 4.41. The molecule has 1 aliphatic rings. The summed E-state index contributed by atoms with van der Waals surface area (Å²) in [5.74, 6) is -0.218. The van der Waals surface area contributed by atoms with Gasteiger partial charge in [-0.1, -0.05) is 53.6 Å². The van der Waals surface area contributed by atoms with Gasteiger partial charge in [0, 0.05) is 38.3 Å². The van der Waals surface area contributed by atoms with Crippen LogP contribution in [0, 0.1) is 6.92 Å². The van der Waals surface area contributed by atoms with Gasteiger partial charge in [-0.15, -0.1) is 0 Å². The molecule has 1 N–H and O–H groups in total. The minimum atomic E-state index is -3.47. The maximum Gasteiger partial charge on any atom is 0.255 e. The number of hydrogen-bond donors (Lipinski definition) is 1. The van der Waals surface area contributed by atoms with E-state index < -0.39 is 10.0 Å². The lowest BCUT2D eigenvalue weighted by Crippen LogP contribution is -2.48. The van der Waals surface area contributed by atoms with Gasteiger partial charge in [-0.2, -0.15) is 4.31 Å². The van der Waals surface area contributed by atoms with Crippen LogP contribution >= 0.6 is 11.6 Å². The van der Waals surface area contributed by atoms with Crippen molar-refractivity contribution in [2.24, 2.45) is 0 Å². The Hall–Kier alpha value is -2.71. The molecule has 1 saturated heterocycles. The first kappa shape index (κ1) is 23.4. The molecule has 0 aliphatic carbocycles. The van der Waals surface area contributed by atoms with Crippen molar-refractivity contribution in [2.75, 3.05) is 31.5 Å². The van der Waals surface area contributed by atoms with Gasteiger partial charge in [-0.3, -0.25) is 9.69 Å². The summed E-state index contributed by atoms with van der Waals surface area (Å²) in [7, 11) is -3.47. The van der Waals surface area contributed by atoms with Gasteiger partial charge in [0.1, 0.15) is 0 Å². The van der Waals surface area contributed by atoms with Crippen LogP contribution in [0.25, 0.3) is 0 Å². The monoisotopic (exact) mass is 483 g/mol. The van der Waals surface area contributed by atoms with Gasteiger partial charge in [0.05, 0.1) is 15.6 Å². The molecule has 1 aliphatic heterocycles. The molecule has 0 saturated carbocycles. The van der Waals surface area contributed by atoms with Crippen LogP contribution in [0.15, 0.2) is 77.7 Å². The Morgan fingerprint density at radius 2 is 1.55 bits per heavy atom. The lowest BCUT2D eigenvalue weighted by Gasteiger charge is -2.34. The lowest BCUT2D eigenvalue weighted by atomic mass is 10.1. The fourth-order valence-corrected chi connectivity index (χ4v) is 5.37. The number of piperazine rings is 1. The second-order valence-corrected chi connectivity index (χ2v) is 10.5. The fourth-order valence-electron chi connectivity index (χ4n) is 3.76. The number of hydrogen-bond acceptors (Lipinski definition) is 4. The second kappa shape index (κ2) is 10.1. The van der Waals surface area contributed by atoms with E-state index in [4.69, 9.17) is 11.6 Å². The number of amides is 1. The van der Waals surface area contributed by atoms with E-state index in [2.05, 4.69) is 10.2 Å². The van der Waals surface area contributed by atoms with E-state index in [9.17, 15) is 13.2 Å². The average Bonchev–Trinajstić information content (AvgIpc) is 2.82. The number of halogens is 1. The van der Waals surface area contributed by atoms with Crippen LogP contribution in [0.4, 0.5) is 5.69 Å². The van der Waals surface area contributed by atoms with Crippen molar-refractivity contribution in [3.05, 3.63) is 94.5 Å². The van der Waals surface area contributed by atoms with Crippen LogP contribution in [0.3, 0.4) is 0 Å². The van der Waals surface area contributed by atoms with Crippen LogP contribution in [-0.2, 0) is 16.6 Å². The molecule has 1 amide bonds. The largest absolute Gasteiger partial charge is 0.321 e. The quantitative estimate of drug-likeness (QED) is 0.564. The van der Waals surface area contributed by atoms with Crippen molar-refractivity contribution in [3.63, 3.8) is 0 Å². The van der Waals surface area contributed by atoms with E-state index in [0.29, 0.717) is 53.9 Å². The molecule has 0 radical (unpaired) electrons. The Bertz CT molecular complexity index is 1220. The summed E-state index contributed by atoms with van der Waals surface area (Å²) >= 11 is 6.11. The number of nitrogens with one attached hydrogen (secondary N) is 1. The van der Waals surface area contributed by atoms with Gasteiger partial charge >= 0.3 is 0 Å². The predicted molar refractivity (Wildman–Crippen MR) is 131 cm³/mol. The fraction of sp³-hybridized carbons (Fsp3) is 0.240. The van der Waals surface area contributed by atoms with Gasteiger partial charge in [0.15, 0.2) is 0 Å². The van der Waals surface area contributed by atoms with Crippen molar-refractivity contribution in [1.29, 1.82) is 0 Å². The minimum Gasteiger partial charge on any atom is -0.321 e. The topological polar surface area (TPSA) is 69.7 Å². The van der Waals surface area contributed by atoms with E-state index in [1.807, 2.05) is 43.3 Å². The molecule has 0 bridgehead atoms. The number of rotatable bonds is 6. The highest BCUT2D eigenvalue weighted by molar-refractivity contribution is 7.89. The molecule has 6 nitrogen and oxygen atoms in total. The van der Waals surface area contributed by atoms with E-state index in [0.717, 1.165) is 11.1 Å². The number of nitrogens with zero attached hydrogens (tertiary/aromatic N) is 2. The maximum absolute atomic E-state index is 12.9. The first-order valence-electron chi connectivity index (χ1n) is 10.8. The molecule has 0 atom stereocenters. The Kier molecular flexibility index (Phi) is 7.14. The molecule has 3 aromatic rings. The summed E-state index contributed by atoms with van der Waals surface area (Å²) in [6.45, 7) is 4.85. The molecule has 4 rings (SSSR count). The normalized spacial score (nSPS) is 15.3. The smallest absolute Gasteiger partial charge is 0.255 e. The summed E-state index contributed by atoms with van der Waals surface area (Å²) in [6, 6.07) is 21.5. The summed E-state index contributed by atoms with van der Waals surface area (Å²) in [5.41, 5.74) is 3.23. The standard InChI is InChI=1S/C25H26ClN3O3S/c1-19-6-12-22(13-7-19)33(31,32)29-16-14-28(15-17-29)18-20-8-10-21(11-9-20)25(30)27-24-5-3-2-4-23(24)26/h2-13H,14-18H2,1H3,(H,27,30). The van der Waals surface area contributed by atoms with Crippen molar-refractivity contribution in [3.8, 4) is 0 Å². The van der Waals surface area contributed by atoms with E-state index >= 15 is 0 Å². The number of sulfonamides is 1. The molecule has 1 fully saturated rings. The van der Waals surface area contributed by atoms with Gasteiger partial charge in [-0.05, 0) is 48.9 Å². The van der Waals surface area contributed by atoms with Crippen molar-refractivity contribution in [1.82, 2.24) is 9.21 Å². The Morgan fingerprint density at radius 1 is 0.909 bits per heavy atom. The lowest BCUT2D eigenvalue weighted by molar-refractivity contribution is 0.102. The van der Waals surface area contributed by atoms with Crippen LogP contribution in [0.2, 0.25) is 5.02 Å². The third-order valence-electron chi connectivity index (χ3n) is 5.73. The summed E-state index contributed by atoms with van der Waals surface area (Å²) in [6.07, 6.45) is 0. The average molecular weight is 484 g/mol. The Labute approximate surface area is 199 Å². The highest BCUT2D eigenvalue weighted by atomic mass is 35.5. The highest BCUT2D eigenvalue weighted by Gasteiger charge is 2.28. The van der Waals surface area contributed by atoms with E-state index in [-0.39, 0.29) is 5.91 Å². The molecule has 0 aromatic heterocycles. The van der Waals surface area contributed by atoms with Crippen molar-refractivity contribution < 1.29 is 13.2 Å². The summed E-state index contributed by atoms with van der Waals surface area (Å²) in [5, 5.41) is 3.31. The van der Waals surface area contributed by atoms with Gasteiger partial charge in [0.2, 0.25) is 10.0 Å². The third-order valence-corrected chi connectivity index (χ3v) is 7.98. The van der Waals surface area contributed by atoms with Gasteiger partial charge in [-0.25, -0.2) is 8.42 Å². The minimum absolute atomic E-state index is 0.218. The zero-order valence-corrected chi connectivity index (χ0v) is 19.9. The molecular weight excluding hydrogens is 458 g/mol. The van der Waals surface area contributed by atoms with Crippen LogP contribution in [0.5, 0.6) is 0 Å². The number of carbonyl (C=O) groups is 1. The van der Waals surface area contributed by atoms with Gasteiger partial charge < -0.3 is 5.32 Å². The number of aryl methyl sites for hydroxylation is 1. The maximum atomic E-state index is 12.9. The Balaban J connectivity index is 1.32. The van der Waals surface area contributed by atoms with Crippen LogP contribution in [-0.4, -0.2) is 49.7 Å². The molecule has 33 heavy (non-hydrogen) atoms. The van der Waals surface area contributed by atoms with Crippen molar-refractivity contribution in [2.45, 2.75) is 18.4 Å². The number of para-hydroxylation sites is 1. The molecule has 0 spiro atoms. The molecule has 3 aromatic carbocycles. The van der Waals surface area contributed by atoms with Crippen molar-refractivity contribution >= 4 is 33.2 Å². The zero-order valence-electron chi connectivity index (χ0n) is 18.4. The summed E-state index contributed by atoms with van der Waals surface area (Å²) in [4.78, 5) is 15.1. The zero-order chi connectivity index (χ0) is 23.4. The SMILES string of the molecule is Cc1ccc(S(=O)(=O)N2CCN(Cc3ccc(C(=O)Nc4ccccc4Cl)cc3)CC2)cc1. The first-order chi connectivity index (χ1) is 15.8. The Morgan fingerprint density at radius 3 is 2.18 bits per heavy atom. The first-order valence-corrected chi connectivity index (χ1v) is 12.6. The second-order valence-electron chi connectivity index (χ2n) is 8.12. The molecule has 0 unspecified atom stereocenters. The van der Waals surface area contributed by atoms with Gasteiger partial charge in [0.25, 0.3) is 5.91 Å². The third kappa shape index (κ3) is 5.62. The summed E-state index contributed by atoms with van der Waals surface area (Å²) < 4.78 is 27.3. The van der Waals surface area contributed by atoms with Crippen LogP contribution in [0.1, 0.15) is 21.5 Å².